The van der Waals surface area contributed by atoms with E-state index in [0.29, 0.717) is 16.9 Å². The molecule has 28 heavy (non-hydrogen) atoms. The second-order valence-electron chi connectivity index (χ2n) is 7.34. The van der Waals surface area contributed by atoms with E-state index in [1.54, 1.807) is 54.9 Å². The number of nitrogens with zero attached hydrogens (tertiary/aromatic N) is 3. The van der Waals surface area contributed by atoms with Crippen LogP contribution < -0.4 is 10.4 Å². The molecule has 2 heterocycles. The van der Waals surface area contributed by atoms with Gasteiger partial charge in [0.1, 0.15) is 0 Å². The maximum atomic E-state index is 13.0. The van der Waals surface area contributed by atoms with Gasteiger partial charge in [0, 0.05) is 24.2 Å². The molecular formula is C22H22N4O2. The Morgan fingerprint density at radius 2 is 1.61 bits per heavy atom. The van der Waals surface area contributed by atoms with Crippen LogP contribution in [0.25, 0.3) is 0 Å². The van der Waals surface area contributed by atoms with Gasteiger partial charge in [0.05, 0.1) is 5.56 Å². The zero-order valence-electron chi connectivity index (χ0n) is 16.1. The number of rotatable bonds is 3. The molecule has 3 aromatic rings. The lowest BCUT2D eigenvalue weighted by atomic mass is 9.88. The summed E-state index contributed by atoms with van der Waals surface area (Å²) in [7, 11) is 0. The first-order chi connectivity index (χ1) is 13.4. The smallest absolute Gasteiger partial charge is 0.267 e. The van der Waals surface area contributed by atoms with E-state index in [1.807, 2.05) is 12.1 Å². The number of anilines is 1. The lowest BCUT2D eigenvalue weighted by molar-refractivity contribution is 0.0886. The first kappa shape index (κ1) is 19.2. The molecule has 2 amide bonds. The first-order valence-electron chi connectivity index (χ1n) is 8.93. The molecule has 0 atom stereocenters. The Balaban J connectivity index is 1.94. The molecule has 3 rings (SSSR count). The fourth-order valence-corrected chi connectivity index (χ4v) is 2.55. The third-order valence-electron chi connectivity index (χ3n) is 4.20. The van der Waals surface area contributed by atoms with Gasteiger partial charge in [-0.25, -0.2) is 4.98 Å². The van der Waals surface area contributed by atoms with Gasteiger partial charge in [0.25, 0.3) is 11.8 Å². The molecular weight excluding hydrogens is 352 g/mol. The number of benzene rings is 1. The van der Waals surface area contributed by atoms with Crippen molar-refractivity contribution in [2.75, 3.05) is 5.01 Å². The molecule has 6 nitrogen and oxygen atoms in total. The van der Waals surface area contributed by atoms with Gasteiger partial charge < -0.3 is 0 Å². The van der Waals surface area contributed by atoms with Crippen LogP contribution in [0.2, 0.25) is 0 Å². The van der Waals surface area contributed by atoms with Crippen molar-refractivity contribution in [3.05, 3.63) is 89.9 Å². The van der Waals surface area contributed by atoms with E-state index in [2.05, 4.69) is 36.2 Å². The first-order valence-corrected chi connectivity index (χ1v) is 8.93. The second kappa shape index (κ2) is 8.00. The zero-order valence-corrected chi connectivity index (χ0v) is 16.1. The number of hydrogen-bond donors (Lipinski definition) is 1. The quantitative estimate of drug-likeness (QED) is 0.708. The van der Waals surface area contributed by atoms with E-state index in [4.69, 9.17) is 0 Å². The van der Waals surface area contributed by atoms with Gasteiger partial charge in [0.2, 0.25) is 0 Å². The normalized spacial score (nSPS) is 11.0. The minimum absolute atomic E-state index is 0.0707. The molecule has 1 N–H and O–H groups in total. The average Bonchev–Trinajstić information content (AvgIpc) is 2.72. The lowest BCUT2D eigenvalue weighted by Crippen LogP contribution is -2.47. The Bertz CT molecular complexity index is 949. The lowest BCUT2D eigenvalue weighted by Gasteiger charge is -2.24. The summed E-state index contributed by atoms with van der Waals surface area (Å²) in [5.74, 6) is -0.493. The Morgan fingerprint density at radius 3 is 2.18 bits per heavy atom. The summed E-state index contributed by atoms with van der Waals surface area (Å²) in [5.41, 5.74) is 4.39. The average molecular weight is 374 g/mol. The SMILES string of the molecule is CC(C)(C)c1ccc(N(NC(=O)c2cccnc2)C(=O)c2ccccc2)nc1. The number of aromatic nitrogens is 2. The molecule has 0 fully saturated rings. The monoisotopic (exact) mass is 374 g/mol. The Hall–Kier alpha value is -3.54. The molecule has 1 aromatic carbocycles. The highest BCUT2D eigenvalue weighted by Crippen LogP contribution is 2.23. The van der Waals surface area contributed by atoms with Gasteiger partial charge in [-0.2, -0.15) is 5.01 Å². The van der Waals surface area contributed by atoms with Crippen molar-refractivity contribution in [3.63, 3.8) is 0 Å². The predicted octanol–water partition coefficient (Wildman–Crippen LogP) is 3.77. The molecule has 0 spiro atoms. The molecule has 0 aliphatic carbocycles. The molecule has 0 bridgehead atoms. The summed E-state index contributed by atoms with van der Waals surface area (Å²) in [4.78, 5) is 34.0. The largest absolute Gasteiger partial charge is 0.278 e. The zero-order chi connectivity index (χ0) is 20.1. The van der Waals surface area contributed by atoms with Crippen LogP contribution in [0.5, 0.6) is 0 Å². The van der Waals surface area contributed by atoms with Gasteiger partial charge in [-0.05, 0) is 41.3 Å². The summed E-state index contributed by atoms with van der Waals surface area (Å²) in [6, 6.07) is 15.7. The van der Waals surface area contributed by atoms with Crippen LogP contribution in [0.15, 0.2) is 73.2 Å². The van der Waals surface area contributed by atoms with Crippen LogP contribution >= 0.6 is 0 Å². The van der Waals surface area contributed by atoms with Crippen LogP contribution in [0.3, 0.4) is 0 Å². The molecule has 0 unspecified atom stereocenters. The van der Waals surface area contributed by atoms with Crippen LogP contribution in [-0.2, 0) is 5.41 Å². The van der Waals surface area contributed by atoms with Gasteiger partial charge in [-0.1, -0.05) is 45.0 Å². The van der Waals surface area contributed by atoms with Crippen molar-refractivity contribution in [2.45, 2.75) is 26.2 Å². The highest BCUT2D eigenvalue weighted by Gasteiger charge is 2.23. The van der Waals surface area contributed by atoms with Crippen LogP contribution in [0, 0.1) is 0 Å². The highest BCUT2D eigenvalue weighted by molar-refractivity contribution is 6.08. The molecule has 6 heteroatoms. The number of nitrogens with one attached hydrogen (secondary N) is 1. The van der Waals surface area contributed by atoms with E-state index >= 15 is 0 Å². The highest BCUT2D eigenvalue weighted by atomic mass is 16.2. The number of amides is 2. The summed E-state index contributed by atoms with van der Waals surface area (Å²) < 4.78 is 0. The second-order valence-corrected chi connectivity index (χ2v) is 7.34. The molecule has 0 aliphatic rings. The Kier molecular flexibility index (Phi) is 5.49. The minimum Gasteiger partial charge on any atom is -0.267 e. The van der Waals surface area contributed by atoms with E-state index in [-0.39, 0.29) is 11.3 Å². The van der Waals surface area contributed by atoms with Crippen LogP contribution in [0.1, 0.15) is 47.1 Å². The van der Waals surface area contributed by atoms with E-state index < -0.39 is 5.91 Å². The van der Waals surface area contributed by atoms with E-state index in [0.717, 1.165) is 10.6 Å². The fraction of sp³-hybridized carbons (Fsp3) is 0.182. The summed E-state index contributed by atoms with van der Waals surface area (Å²) in [5, 5.41) is 1.16. The third-order valence-corrected chi connectivity index (χ3v) is 4.20. The van der Waals surface area contributed by atoms with E-state index in [1.165, 1.54) is 6.20 Å². The van der Waals surface area contributed by atoms with Gasteiger partial charge in [0.15, 0.2) is 5.82 Å². The Morgan fingerprint density at radius 1 is 0.893 bits per heavy atom. The maximum absolute atomic E-state index is 13.0. The van der Waals surface area contributed by atoms with Crippen LogP contribution in [-0.4, -0.2) is 21.8 Å². The number of hydrogen-bond acceptors (Lipinski definition) is 4. The number of carbonyl (C=O) groups is 2. The topological polar surface area (TPSA) is 75.2 Å². The minimum atomic E-state index is -0.445. The number of pyridine rings is 2. The standard InChI is InChI=1S/C22H22N4O2/c1-22(2,3)18-11-12-19(24-15-18)26(21(28)16-8-5-4-6-9-16)25-20(27)17-10-7-13-23-14-17/h4-15H,1-3H3,(H,25,27). The summed E-state index contributed by atoms with van der Waals surface area (Å²) in [6.45, 7) is 6.25. The van der Waals surface area contributed by atoms with Crippen molar-refractivity contribution < 1.29 is 9.59 Å². The molecule has 0 saturated carbocycles. The number of carbonyl (C=O) groups excluding carboxylic acids is 2. The summed E-state index contributed by atoms with van der Waals surface area (Å²) >= 11 is 0. The molecule has 142 valence electrons. The molecule has 2 aromatic heterocycles. The Labute approximate surface area is 164 Å². The fourth-order valence-electron chi connectivity index (χ4n) is 2.55. The van der Waals surface area contributed by atoms with E-state index in [9.17, 15) is 9.59 Å². The maximum Gasteiger partial charge on any atom is 0.278 e. The summed E-state index contributed by atoms with van der Waals surface area (Å²) in [6.07, 6.45) is 4.74. The van der Waals surface area contributed by atoms with Crippen molar-refractivity contribution in [3.8, 4) is 0 Å². The van der Waals surface area contributed by atoms with Gasteiger partial charge in [-0.3, -0.25) is 20.0 Å². The number of hydrazine groups is 1. The van der Waals surface area contributed by atoms with Crippen molar-refractivity contribution >= 4 is 17.6 Å². The van der Waals surface area contributed by atoms with Crippen molar-refractivity contribution in [2.24, 2.45) is 0 Å². The molecule has 0 aliphatic heterocycles. The van der Waals surface area contributed by atoms with Crippen LogP contribution in [0.4, 0.5) is 5.82 Å². The third kappa shape index (κ3) is 4.40. The van der Waals surface area contributed by atoms with Gasteiger partial charge in [-0.15, -0.1) is 0 Å². The predicted molar refractivity (Wildman–Crippen MR) is 108 cm³/mol. The molecule has 0 saturated heterocycles. The molecule has 0 radical (unpaired) electrons. The van der Waals surface area contributed by atoms with Crippen molar-refractivity contribution in [1.82, 2.24) is 15.4 Å². The van der Waals surface area contributed by atoms with Crippen molar-refractivity contribution in [1.29, 1.82) is 0 Å². The van der Waals surface area contributed by atoms with Gasteiger partial charge >= 0.3 is 0 Å².